The van der Waals surface area contributed by atoms with Gasteiger partial charge in [0.2, 0.25) is 0 Å². The maximum atomic E-state index is 12.5. The van der Waals surface area contributed by atoms with Crippen LogP contribution in [0.15, 0.2) is 63.8 Å². The quantitative estimate of drug-likeness (QED) is 0.634. The summed E-state index contributed by atoms with van der Waals surface area (Å²) in [6.07, 6.45) is 0.739. The van der Waals surface area contributed by atoms with E-state index in [1.165, 1.54) is 6.07 Å². The molecule has 0 bridgehead atoms. The van der Waals surface area contributed by atoms with Crippen LogP contribution in [0.3, 0.4) is 0 Å². The van der Waals surface area contributed by atoms with Crippen LogP contribution in [-0.2, 0) is 11.2 Å². The molecule has 0 unspecified atom stereocenters. The second kappa shape index (κ2) is 7.87. The van der Waals surface area contributed by atoms with E-state index in [4.69, 9.17) is 9.15 Å². The van der Waals surface area contributed by atoms with Gasteiger partial charge in [0.15, 0.2) is 6.61 Å². The summed E-state index contributed by atoms with van der Waals surface area (Å²) in [5, 5.41) is 0.880. The lowest BCUT2D eigenvalue weighted by Gasteiger charge is -2.21. The Morgan fingerprint density at radius 1 is 1.08 bits per heavy atom. The average Bonchev–Trinajstić information content (AvgIpc) is 2.66. The number of nitrogens with zero attached hydrogens (tertiary/aromatic N) is 1. The number of fused-ring (bicyclic) bond motifs is 1. The summed E-state index contributed by atoms with van der Waals surface area (Å²) in [7, 11) is 0. The van der Waals surface area contributed by atoms with Crippen molar-refractivity contribution in [2.45, 2.75) is 20.3 Å². The molecule has 0 aliphatic rings. The fourth-order valence-electron chi connectivity index (χ4n) is 2.93. The Bertz CT molecular complexity index is 963. The number of rotatable bonds is 6. The molecule has 2 aromatic carbocycles. The predicted molar refractivity (Wildman–Crippen MR) is 102 cm³/mol. The molecule has 3 rings (SSSR count). The first-order valence-corrected chi connectivity index (χ1v) is 8.67. The molecule has 134 valence electrons. The van der Waals surface area contributed by atoms with Crippen LogP contribution in [0.4, 0.5) is 5.69 Å². The molecule has 0 N–H and O–H groups in total. The van der Waals surface area contributed by atoms with E-state index in [2.05, 4.69) is 0 Å². The van der Waals surface area contributed by atoms with Crippen LogP contribution < -0.4 is 15.3 Å². The van der Waals surface area contributed by atoms with Crippen LogP contribution in [-0.4, -0.2) is 19.1 Å². The molecule has 26 heavy (non-hydrogen) atoms. The number of benzene rings is 2. The first-order valence-electron chi connectivity index (χ1n) is 8.67. The van der Waals surface area contributed by atoms with Gasteiger partial charge in [-0.2, -0.15) is 0 Å². The van der Waals surface area contributed by atoms with Crippen molar-refractivity contribution in [1.82, 2.24) is 0 Å². The summed E-state index contributed by atoms with van der Waals surface area (Å²) in [4.78, 5) is 25.8. The molecule has 0 aliphatic carbocycles. The maximum Gasteiger partial charge on any atom is 0.336 e. The van der Waals surface area contributed by atoms with Crippen LogP contribution in [0, 0.1) is 0 Å². The Hall–Kier alpha value is -3.08. The predicted octanol–water partition coefficient (Wildman–Crippen LogP) is 3.79. The number of ether oxygens (including phenoxy) is 1. The van der Waals surface area contributed by atoms with Gasteiger partial charge in [0.1, 0.15) is 11.3 Å². The summed E-state index contributed by atoms with van der Waals surface area (Å²) >= 11 is 0. The fourth-order valence-corrected chi connectivity index (χ4v) is 2.93. The maximum absolute atomic E-state index is 12.5. The van der Waals surface area contributed by atoms with Crippen molar-refractivity contribution in [2.75, 3.05) is 18.1 Å². The molecule has 3 aromatic rings. The number of para-hydroxylation sites is 1. The van der Waals surface area contributed by atoms with Crippen molar-refractivity contribution in [1.29, 1.82) is 0 Å². The fraction of sp³-hybridized carbons (Fsp3) is 0.238. The van der Waals surface area contributed by atoms with Gasteiger partial charge in [0.05, 0.1) is 0 Å². The number of hydrogen-bond donors (Lipinski definition) is 0. The average molecular weight is 351 g/mol. The van der Waals surface area contributed by atoms with Gasteiger partial charge in [-0.15, -0.1) is 0 Å². The van der Waals surface area contributed by atoms with E-state index in [9.17, 15) is 9.59 Å². The summed E-state index contributed by atoms with van der Waals surface area (Å²) in [5.41, 5.74) is 1.85. The highest BCUT2D eigenvalue weighted by Gasteiger charge is 2.14. The largest absolute Gasteiger partial charge is 0.484 e. The van der Waals surface area contributed by atoms with Crippen LogP contribution in [0.1, 0.15) is 19.4 Å². The van der Waals surface area contributed by atoms with Crippen molar-refractivity contribution >= 4 is 22.6 Å². The van der Waals surface area contributed by atoms with Crippen molar-refractivity contribution < 1.29 is 13.9 Å². The molecule has 5 heteroatoms. The van der Waals surface area contributed by atoms with E-state index in [1.807, 2.05) is 50.2 Å². The van der Waals surface area contributed by atoms with E-state index in [1.54, 1.807) is 17.0 Å². The van der Waals surface area contributed by atoms with E-state index in [0.29, 0.717) is 17.9 Å². The van der Waals surface area contributed by atoms with Crippen molar-refractivity contribution in [3.8, 4) is 5.75 Å². The molecule has 1 heterocycles. The minimum atomic E-state index is -0.385. The van der Waals surface area contributed by atoms with E-state index in [-0.39, 0.29) is 18.1 Å². The molecule has 0 atom stereocenters. The number of aryl methyl sites for hydroxylation is 1. The van der Waals surface area contributed by atoms with Gasteiger partial charge in [-0.1, -0.05) is 25.1 Å². The summed E-state index contributed by atoms with van der Waals surface area (Å²) in [6, 6.07) is 16.3. The smallest absolute Gasteiger partial charge is 0.336 e. The van der Waals surface area contributed by atoms with Crippen LogP contribution in [0.25, 0.3) is 11.0 Å². The van der Waals surface area contributed by atoms with Gasteiger partial charge in [0, 0.05) is 29.8 Å². The topological polar surface area (TPSA) is 59.8 Å². The van der Waals surface area contributed by atoms with Gasteiger partial charge in [-0.25, -0.2) is 4.79 Å². The molecule has 0 saturated carbocycles. The SMILES string of the molecule is CCc1cc(=O)oc2cc(OCC(=O)N(CC)c3ccccc3)ccc12. The third kappa shape index (κ3) is 3.77. The van der Waals surface area contributed by atoms with Gasteiger partial charge in [-0.3, -0.25) is 4.79 Å². The van der Waals surface area contributed by atoms with E-state index in [0.717, 1.165) is 23.1 Å². The number of amides is 1. The second-order valence-corrected chi connectivity index (χ2v) is 5.86. The highest BCUT2D eigenvalue weighted by atomic mass is 16.5. The molecule has 0 spiro atoms. The summed E-state index contributed by atoms with van der Waals surface area (Å²) < 4.78 is 10.9. The van der Waals surface area contributed by atoms with E-state index >= 15 is 0 Å². The minimum absolute atomic E-state index is 0.0913. The lowest BCUT2D eigenvalue weighted by atomic mass is 10.1. The molecule has 1 aromatic heterocycles. The third-order valence-corrected chi connectivity index (χ3v) is 4.23. The van der Waals surface area contributed by atoms with Crippen LogP contribution >= 0.6 is 0 Å². The molecule has 1 amide bonds. The zero-order valence-corrected chi connectivity index (χ0v) is 14.9. The monoisotopic (exact) mass is 351 g/mol. The molecule has 5 nitrogen and oxygen atoms in total. The number of carbonyl (C=O) groups is 1. The Morgan fingerprint density at radius 3 is 2.54 bits per heavy atom. The van der Waals surface area contributed by atoms with Crippen molar-refractivity contribution in [3.05, 3.63) is 70.6 Å². The standard InChI is InChI=1S/C21H21NO4/c1-3-15-12-21(24)26-19-13-17(10-11-18(15)19)25-14-20(23)22(4-2)16-8-6-5-7-9-16/h5-13H,3-4,14H2,1-2H3. The molecular weight excluding hydrogens is 330 g/mol. The Balaban J connectivity index is 1.77. The summed E-state index contributed by atoms with van der Waals surface area (Å²) in [6.45, 7) is 4.37. The lowest BCUT2D eigenvalue weighted by Crippen LogP contribution is -2.34. The second-order valence-electron chi connectivity index (χ2n) is 5.86. The first kappa shape index (κ1) is 17.7. The highest BCUT2D eigenvalue weighted by Crippen LogP contribution is 2.23. The number of hydrogen-bond acceptors (Lipinski definition) is 4. The highest BCUT2D eigenvalue weighted by molar-refractivity contribution is 5.94. The number of anilines is 1. The minimum Gasteiger partial charge on any atom is -0.484 e. The lowest BCUT2D eigenvalue weighted by molar-refractivity contribution is -0.120. The molecule has 0 fully saturated rings. The van der Waals surface area contributed by atoms with Crippen molar-refractivity contribution in [3.63, 3.8) is 0 Å². The molecule has 0 saturated heterocycles. The zero-order valence-electron chi connectivity index (χ0n) is 14.9. The molecule has 0 aliphatic heterocycles. The van der Waals surface area contributed by atoms with Gasteiger partial charge in [-0.05, 0) is 43.2 Å². The number of likely N-dealkylation sites (N-methyl/N-ethyl adjacent to an activating group) is 1. The Kier molecular flexibility index (Phi) is 5.37. The first-order chi connectivity index (χ1) is 12.6. The van der Waals surface area contributed by atoms with E-state index < -0.39 is 0 Å². The normalized spacial score (nSPS) is 10.7. The molecule has 0 radical (unpaired) electrons. The molecular formula is C21H21NO4. The van der Waals surface area contributed by atoms with Gasteiger partial charge < -0.3 is 14.1 Å². The van der Waals surface area contributed by atoms with Crippen LogP contribution in [0.2, 0.25) is 0 Å². The van der Waals surface area contributed by atoms with Crippen molar-refractivity contribution in [2.24, 2.45) is 0 Å². The summed E-state index contributed by atoms with van der Waals surface area (Å²) in [5.74, 6) is 0.355. The zero-order chi connectivity index (χ0) is 18.5. The van der Waals surface area contributed by atoms with Gasteiger partial charge >= 0.3 is 5.63 Å². The van der Waals surface area contributed by atoms with Crippen LogP contribution in [0.5, 0.6) is 5.75 Å². The number of carbonyl (C=O) groups excluding carboxylic acids is 1. The van der Waals surface area contributed by atoms with Gasteiger partial charge in [0.25, 0.3) is 5.91 Å². The third-order valence-electron chi connectivity index (χ3n) is 4.23. The Morgan fingerprint density at radius 2 is 1.85 bits per heavy atom. The Labute approximate surface area is 151 Å².